The first kappa shape index (κ1) is 14.7. The van der Waals surface area contributed by atoms with Crippen LogP contribution in [0, 0.1) is 0 Å². The third-order valence-corrected chi connectivity index (χ3v) is 5.79. The first-order chi connectivity index (χ1) is 11.3. The summed E-state index contributed by atoms with van der Waals surface area (Å²) in [6, 6.07) is 12.8. The van der Waals surface area contributed by atoms with Crippen molar-refractivity contribution < 1.29 is 0 Å². The number of hydrogen-bond acceptors (Lipinski definition) is 5. The number of thioether (sulfide) groups is 1. The van der Waals surface area contributed by atoms with Crippen molar-refractivity contribution in [2.24, 2.45) is 5.10 Å². The molecule has 1 atom stereocenters. The third-order valence-electron chi connectivity index (χ3n) is 3.89. The van der Waals surface area contributed by atoms with Crippen LogP contribution >= 0.6 is 23.1 Å². The molecule has 116 valence electrons. The van der Waals surface area contributed by atoms with Crippen LogP contribution in [0.2, 0.25) is 0 Å². The van der Waals surface area contributed by atoms with Crippen LogP contribution in [-0.2, 0) is 6.42 Å². The molecule has 3 aromatic rings. The lowest BCUT2D eigenvalue weighted by Crippen LogP contribution is -2.21. The average molecular weight is 340 g/mol. The van der Waals surface area contributed by atoms with Crippen molar-refractivity contribution in [2.75, 3.05) is 0 Å². The first-order valence-electron chi connectivity index (χ1n) is 7.60. The van der Waals surface area contributed by atoms with Crippen LogP contribution in [0.1, 0.15) is 25.0 Å². The lowest BCUT2D eigenvalue weighted by Gasteiger charge is -2.19. The van der Waals surface area contributed by atoms with Crippen molar-refractivity contribution in [3.05, 3.63) is 52.9 Å². The van der Waals surface area contributed by atoms with Crippen LogP contribution in [0.15, 0.2) is 52.0 Å². The smallest absolute Gasteiger partial charge is 0.186 e. The molecule has 23 heavy (non-hydrogen) atoms. The molecule has 0 amide bonds. The maximum Gasteiger partial charge on any atom is 0.213 e. The van der Waals surface area contributed by atoms with Gasteiger partial charge in [0.15, 0.2) is 5.82 Å². The molecule has 1 aliphatic heterocycles. The second-order valence-electron chi connectivity index (χ2n) is 5.39. The molecule has 0 fully saturated rings. The zero-order valence-corrected chi connectivity index (χ0v) is 14.6. The maximum absolute atomic E-state index is 4.86. The molecule has 4 rings (SSSR count). The van der Waals surface area contributed by atoms with Crippen LogP contribution in [0.5, 0.6) is 0 Å². The number of rotatable bonds is 3. The van der Waals surface area contributed by atoms with Gasteiger partial charge in [0.1, 0.15) is 0 Å². The van der Waals surface area contributed by atoms with Gasteiger partial charge in [-0.25, -0.2) is 0 Å². The first-order valence-corrected chi connectivity index (χ1v) is 9.36. The van der Waals surface area contributed by atoms with E-state index in [1.807, 2.05) is 16.1 Å². The molecule has 0 aliphatic carbocycles. The van der Waals surface area contributed by atoms with Crippen LogP contribution < -0.4 is 0 Å². The fraction of sp³-hybridized carbons (Fsp3) is 0.235. The van der Waals surface area contributed by atoms with Crippen molar-refractivity contribution in [3.8, 4) is 10.7 Å². The van der Waals surface area contributed by atoms with Gasteiger partial charge < -0.3 is 0 Å². The van der Waals surface area contributed by atoms with E-state index in [4.69, 9.17) is 5.10 Å². The van der Waals surface area contributed by atoms with E-state index >= 15 is 0 Å². The summed E-state index contributed by atoms with van der Waals surface area (Å²) in [5.41, 5.74) is 3.58. The van der Waals surface area contributed by atoms with Crippen molar-refractivity contribution in [1.82, 2.24) is 14.9 Å². The molecule has 0 bridgehead atoms. The predicted octanol–water partition coefficient (Wildman–Crippen LogP) is 4.32. The SMILES string of the molecule is CCc1ccc(C2=Nn3c(nnc3-c3cccs3)S[C@@H]2C)cc1. The largest absolute Gasteiger partial charge is 0.213 e. The monoisotopic (exact) mass is 340 g/mol. The number of hydrogen-bond donors (Lipinski definition) is 0. The Bertz CT molecular complexity index is 847. The van der Waals surface area contributed by atoms with Crippen molar-refractivity contribution in [2.45, 2.75) is 30.7 Å². The summed E-state index contributed by atoms with van der Waals surface area (Å²) in [4.78, 5) is 1.09. The Balaban J connectivity index is 1.79. The summed E-state index contributed by atoms with van der Waals surface area (Å²) in [5, 5.41) is 16.6. The minimum atomic E-state index is 0.260. The minimum absolute atomic E-state index is 0.260. The Morgan fingerprint density at radius 2 is 1.96 bits per heavy atom. The average Bonchev–Trinajstić information content (AvgIpc) is 3.23. The number of aromatic nitrogens is 3. The minimum Gasteiger partial charge on any atom is -0.186 e. The second-order valence-corrected chi connectivity index (χ2v) is 7.65. The van der Waals surface area contributed by atoms with Crippen LogP contribution in [0.25, 0.3) is 10.7 Å². The topological polar surface area (TPSA) is 43.1 Å². The summed E-state index contributed by atoms with van der Waals surface area (Å²) in [6.45, 7) is 4.34. The Hall–Kier alpha value is -1.92. The predicted molar refractivity (Wildman–Crippen MR) is 96.4 cm³/mol. The van der Waals surface area contributed by atoms with E-state index in [9.17, 15) is 0 Å². The zero-order valence-electron chi connectivity index (χ0n) is 12.9. The van der Waals surface area contributed by atoms with Crippen molar-refractivity contribution in [1.29, 1.82) is 0 Å². The normalized spacial score (nSPS) is 17.0. The number of thiophene rings is 1. The Morgan fingerprint density at radius 1 is 1.13 bits per heavy atom. The maximum atomic E-state index is 4.86. The van der Waals surface area contributed by atoms with Crippen LogP contribution in [0.4, 0.5) is 0 Å². The van der Waals surface area contributed by atoms with E-state index in [0.717, 1.165) is 28.0 Å². The lowest BCUT2D eigenvalue weighted by atomic mass is 10.0. The number of aryl methyl sites for hydroxylation is 1. The highest BCUT2D eigenvalue weighted by molar-refractivity contribution is 8.00. The number of benzene rings is 1. The molecular weight excluding hydrogens is 324 g/mol. The molecule has 0 radical (unpaired) electrons. The third kappa shape index (κ3) is 2.62. The molecule has 6 heteroatoms. The van der Waals surface area contributed by atoms with Crippen molar-refractivity contribution >= 4 is 28.8 Å². The molecule has 0 saturated heterocycles. The molecule has 3 heterocycles. The summed E-state index contributed by atoms with van der Waals surface area (Å²) in [7, 11) is 0. The molecular formula is C17H16N4S2. The van der Waals surface area contributed by atoms with Gasteiger partial charge in [-0.1, -0.05) is 49.0 Å². The van der Waals surface area contributed by atoms with Gasteiger partial charge in [0, 0.05) is 0 Å². The zero-order chi connectivity index (χ0) is 15.8. The van der Waals surface area contributed by atoms with Crippen LogP contribution in [0.3, 0.4) is 0 Å². The van der Waals surface area contributed by atoms with Crippen LogP contribution in [-0.4, -0.2) is 25.8 Å². The van der Waals surface area contributed by atoms with E-state index in [2.05, 4.69) is 54.4 Å². The Labute approximate surface area is 143 Å². The molecule has 0 spiro atoms. The molecule has 0 unspecified atom stereocenters. The van der Waals surface area contributed by atoms with E-state index in [0.29, 0.717) is 0 Å². The number of nitrogens with zero attached hydrogens (tertiary/aromatic N) is 4. The van der Waals surface area contributed by atoms with Gasteiger partial charge in [-0.2, -0.15) is 9.78 Å². The fourth-order valence-corrected chi connectivity index (χ4v) is 4.21. The molecule has 0 saturated carbocycles. The molecule has 0 N–H and O–H groups in total. The van der Waals surface area contributed by atoms with Gasteiger partial charge >= 0.3 is 0 Å². The molecule has 2 aromatic heterocycles. The van der Waals surface area contributed by atoms with Gasteiger partial charge in [0.2, 0.25) is 5.16 Å². The summed E-state index contributed by atoms with van der Waals surface area (Å²) in [6.07, 6.45) is 1.05. The van der Waals surface area contributed by atoms with Gasteiger partial charge in [-0.15, -0.1) is 21.5 Å². The lowest BCUT2D eigenvalue weighted by molar-refractivity contribution is 0.755. The molecule has 1 aromatic carbocycles. The molecule has 1 aliphatic rings. The summed E-state index contributed by atoms with van der Waals surface area (Å²) >= 11 is 3.36. The van der Waals surface area contributed by atoms with E-state index in [1.165, 1.54) is 11.1 Å². The van der Waals surface area contributed by atoms with Crippen molar-refractivity contribution in [3.63, 3.8) is 0 Å². The van der Waals surface area contributed by atoms with Gasteiger partial charge in [0.25, 0.3) is 0 Å². The highest BCUT2D eigenvalue weighted by Gasteiger charge is 2.26. The quantitative estimate of drug-likeness (QED) is 0.713. The van der Waals surface area contributed by atoms with Gasteiger partial charge in [0.05, 0.1) is 15.8 Å². The Morgan fingerprint density at radius 3 is 2.65 bits per heavy atom. The highest BCUT2D eigenvalue weighted by Crippen LogP contribution is 2.33. The van der Waals surface area contributed by atoms with E-state index in [-0.39, 0.29) is 5.25 Å². The molecule has 4 nitrogen and oxygen atoms in total. The van der Waals surface area contributed by atoms with Gasteiger partial charge in [-0.3, -0.25) is 0 Å². The Kier molecular flexibility index (Phi) is 3.79. The van der Waals surface area contributed by atoms with Gasteiger partial charge in [-0.05, 0) is 35.9 Å². The standard InChI is InChI=1S/C17H16N4S2/c1-3-12-6-8-13(9-7-12)15-11(2)23-17-19-18-16(21(17)20-15)14-5-4-10-22-14/h4-11H,3H2,1-2H3/t11-/m1/s1. The highest BCUT2D eigenvalue weighted by atomic mass is 32.2. The summed E-state index contributed by atoms with van der Waals surface area (Å²) < 4.78 is 1.87. The van der Waals surface area contributed by atoms with E-state index < -0.39 is 0 Å². The fourth-order valence-electron chi connectivity index (χ4n) is 2.60. The van der Waals surface area contributed by atoms with E-state index in [1.54, 1.807) is 23.1 Å². The summed E-state index contributed by atoms with van der Waals surface area (Å²) in [5.74, 6) is 0.817. The number of fused-ring (bicyclic) bond motifs is 1. The second kappa shape index (κ2) is 5.94.